The fourth-order valence-electron chi connectivity index (χ4n) is 2.33. The van der Waals surface area contributed by atoms with Crippen molar-refractivity contribution < 1.29 is 13.5 Å². The zero-order valence-corrected chi connectivity index (χ0v) is 11.1. The molecule has 1 aliphatic rings. The summed E-state index contributed by atoms with van der Waals surface area (Å²) in [5.41, 5.74) is 0. The van der Waals surface area contributed by atoms with Gasteiger partial charge in [0.2, 0.25) is 10.0 Å². The van der Waals surface area contributed by atoms with Crippen molar-refractivity contribution in [1.82, 2.24) is 4.72 Å². The molecule has 5 heteroatoms. The Kier molecular flexibility index (Phi) is 4.24. The van der Waals surface area contributed by atoms with Crippen molar-refractivity contribution in [3.8, 4) is 5.75 Å². The number of phenolic OH excluding ortho intramolecular Hbond substituents is 1. The van der Waals surface area contributed by atoms with Gasteiger partial charge in [-0.05, 0) is 43.0 Å². The monoisotopic (exact) mass is 269 g/mol. The summed E-state index contributed by atoms with van der Waals surface area (Å²) >= 11 is 0. The van der Waals surface area contributed by atoms with Crippen LogP contribution in [-0.4, -0.2) is 20.1 Å². The molecule has 0 aromatic heterocycles. The number of aromatic hydroxyl groups is 1. The Hall–Kier alpha value is -1.07. The van der Waals surface area contributed by atoms with Gasteiger partial charge in [-0.25, -0.2) is 13.1 Å². The summed E-state index contributed by atoms with van der Waals surface area (Å²) in [5.74, 6) is 0.534. The van der Waals surface area contributed by atoms with Crippen molar-refractivity contribution in [2.45, 2.75) is 37.0 Å². The molecular weight excluding hydrogens is 250 g/mol. The van der Waals surface area contributed by atoms with Crippen LogP contribution >= 0.6 is 0 Å². The van der Waals surface area contributed by atoms with Gasteiger partial charge in [0.25, 0.3) is 0 Å². The molecule has 0 radical (unpaired) electrons. The zero-order valence-electron chi connectivity index (χ0n) is 10.3. The minimum Gasteiger partial charge on any atom is -0.508 e. The molecule has 4 nitrogen and oxygen atoms in total. The average Bonchev–Trinajstić information content (AvgIpc) is 2.38. The number of nitrogens with one attached hydrogen (secondary N) is 1. The number of phenols is 1. The van der Waals surface area contributed by atoms with Gasteiger partial charge in [-0.15, -0.1) is 0 Å². The minimum absolute atomic E-state index is 0.0706. The number of hydrogen-bond donors (Lipinski definition) is 2. The largest absolute Gasteiger partial charge is 0.508 e. The standard InChI is InChI=1S/C13H19NO3S/c15-12-6-8-13(9-7-12)18(16,17)14-10-11-4-2-1-3-5-11/h6-9,11,14-15H,1-5,10H2. The Morgan fingerprint density at radius 2 is 1.72 bits per heavy atom. The SMILES string of the molecule is O=S(=O)(NCC1CCCCC1)c1ccc(O)cc1. The normalized spacial score (nSPS) is 17.8. The van der Waals surface area contributed by atoms with Gasteiger partial charge in [0, 0.05) is 6.54 Å². The highest BCUT2D eigenvalue weighted by Crippen LogP contribution is 2.23. The van der Waals surface area contributed by atoms with Crippen molar-refractivity contribution >= 4 is 10.0 Å². The second-order valence-corrected chi connectivity index (χ2v) is 6.62. The summed E-state index contributed by atoms with van der Waals surface area (Å²) < 4.78 is 26.6. The topological polar surface area (TPSA) is 66.4 Å². The van der Waals surface area contributed by atoms with E-state index in [1.54, 1.807) is 0 Å². The van der Waals surface area contributed by atoms with Crippen LogP contribution in [0.2, 0.25) is 0 Å². The first-order valence-corrected chi connectivity index (χ1v) is 7.85. The third-order valence-electron chi connectivity index (χ3n) is 3.43. The van der Waals surface area contributed by atoms with Crippen LogP contribution in [0.15, 0.2) is 29.2 Å². The fourth-order valence-corrected chi connectivity index (χ4v) is 3.44. The molecule has 2 rings (SSSR count). The van der Waals surface area contributed by atoms with Gasteiger partial charge in [-0.1, -0.05) is 19.3 Å². The first-order valence-electron chi connectivity index (χ1n) is 6.36. The van der Waals surface area contributed by atoms with E-state index in [1.807, 2.05) is 0 Å². The molecule has 0 spiro atoms. The molecule has 1 aromatic carbocycles. The van der Waals surface area contributed by atoms with Gasteiger partial charge in [0.05, 0.1) is 4.90 Å². The fraction of sp³-hybridized carbons (Fsp3) is 0.538. The predicted octanol–water partition coefficient (Wildman–Crippen LogP) is 2.25. The molecule has 1 saturated carbocycles. The number of sulfonamides is 1. The van der Waals surface area contributed by atoms with Crippen molar-refractivity contribution in [3.05, 3.63) is 24.3 Å². The molecule has 18 heavy (non-hydrogen) atoms. The molecule has 2 N–H and O–H groups in total. The Morgan fingerprint density at radius 1 is 1.11 bits per heavy atom. The van der Waals surface area contributed by atoms with Crippen LogP contribution in [0.5, 0.6) is 5.75 Å². The maximum absolute atomic E-state index is 12.0. The van der Waals surface area contributed by atoms with E-state index in [9.17, 15) is 8.42 Å². The Bertz CT molecular complexity index is 475. The molecule has 0 amide bonds. The lowest BCUT2D eigenvalue weighted by molar-refractivity contribution is 0.357. The summed E-state index contributed by atoms with van der Waals surface area (Å²) in [6, 6.07) is 5.60. The van der Waals surface area contributed by atoms with Crippen LogP contribution in [0.25, 0.3) is 0 Å². The van der Waals surface area contributed by atoms with E-state index in [-0.39, 0.29) is 10.6 Å². The van der Waals surface area contributed by atoms with Crippen LogP contribution in [0.1, 0.15) is 32.1 Å². The smallest absolute Gasteiger partial charge is 0.240 e. The Labute approximate surface area is 108 Å². The van der Waals surface area contributed by atoms with Gasteiger partial charge < -0.3 is 5.11 Å². The Morgan fingerprint density at radius 3 is 2.33 bits per heavy atom. The molecule has 0 aliphatic heterocycles. The summed E-state index contributed by atoms with van der Waals surface area (Å²) in [6.45, 7) is 0.517. The van der Waals surface area contributed by atoms with Crippen LogP contribution in [-0.2, 0) is 10.0 Å². The molecule has 1 aromatic rings. The lowest BCUT2D eigenvalue weighted by atomic mass is 9.90. The van der Waals surface area contributed by atoms with Crippen molar-refractivity contribution in [1.29, 1.82) is 0 Å². The number of rotatable bonds is 4. The number of hydrogen-bond acceptors (Lipinski definition) is 3. The molecular formula is C13H19NO3S. The van der Waals surface area contributed by atoms with E-state index in [2.05, 4.69) is 4.72 Å². The van der Waals surface area contributed by atoms with E-state index in [4.69, 9.17) is 5.11 Å². The van der Waals surface area contributed by atoms with E-state index >= 15 is 0 Å². The van der Waals surface area contributed by atoms with Gasteiger partial charge >= 0.3 is 0 Å². The third kappa shape index (κ3) is 3.46. The van der Waals surface area contributed by atoms with Crippen LogP contribution < -0.4 is 4.72 Å². The van der Waals surface area contributed by atoms with E-state index in [1.165, 1.54) is 43.5 Å². The highest BCUT2D eigenvalue weighted by Gasteiger charge is 2.18. The van der Waals surface area contributed by atoms with Crippen molar-refractivity contribution in [2.75, 3.05) is 6.54 Å². The molecule has 0 saturated heterocycles. The first-order chi connectivity index (χ1) is 8.58. The van der Waals surface area contributed by atoms with E-state index in [0.29, 0.717) is 12.5 Å². The van der Waals surface area contributed by atoms with E-state index < -0.39 is 10.0 Å². The van der Waals surface area contributed by atoms with Gasteiger partial charge in [0.15, 0.2) is 0 Å². The van der Waals surface area contributed by atoms with Crippen LogP contribution in [0.3, 0.4) is 0 Å². The summed E-state index contributed by atoms with van der Waals surface area (Å²) in [6.07, 6.45) is 5.88. The summed E-state index contributed by atoms with van der Waals surface area (Å²) in [4.78, 5) is 0.205. The molecule has 1 fully saturated rings. The van der Waals surface area contributed by atoms with Gasteiger partial charge in [-0.2, -0.15) is 0 Å². The maximum Gasteiger partial charge on any atom is 0.240 e. The quantitative estimate of drug-likeness (QED) is 0.881. The summed E-state index contributed by atoms with van der Waals surface area (Å²) in [5, 5.41) is 9.14. The summed E-state index contributed by atoms with van der Waals surface area (Å²) in [7, 11) is -3.44. The molecule has 0 heterocycles. The molecule has 0 bridgehead atoms. The maximum atomic E-state index is 12.0. The van der Waals surface area contributed by atoms with Gasteiger partial charge in [-0.3, -0.25) is 0 Å². The lowest BCUT2D eigenvalue weighted by Crippen LogP contribution is -2.30. The van der Waals surface area contributed by atoms with Crippen molar-refractivity contribution in [2.24, 2.45) is 5.92 Å². The predicted molar refractivity (Wildman–Crippen MR) is 69.9 cm³/mol. The number of benzene rings is 1. The highest BCUT2D eigenvalue weighted by molar-refractivity contribution is 7.89. The molecule has 0 unspecified atom stereocenters. The van der Waals surface area contributed by atoms with Crippen LogP contribution in [0.4, 0.5) is 0 Å². The first kappa shape index (κ1) is 13.4. The Balaban J connectivity index is 1.96. The lowest BCUT2D eigenvalue weighted by Gasteiger charge is -2.21. The zero-order chi connectivity index (χ0) is 13.0. The van der Waals surface area contributed by atoms with Crippen LogP contribution in [0, 0.1) is 5.92 Å². The molecule has 100 valence electrons. The average molecular weight is 269 g/mol. The second-order valence-electron chi connectivity index (χ2n) is 4.85. The molecule has 0 atom stereocenters. The molecule has 1 aliphatic carbocycles. The third-order valence-corrected chi connectivity index (χ3v) is 4.87. The minimum atomic E-state index is -3.44. The van der Waals surface area contributed by atoms with E-state index in [0.717, 1.165) is 12.8 Å². The highest BCUT2D eigenvalue weighted by atomic mass is 32.2. The van der Waals surface area contributed by atoms with Gasteiger partial charge in [0.1, 0.15) is 5.75 Å². The second kappa shape index (κ2) is 5.71. The van der Waals surface area contributed by atoms with Crippen molar-refractivity contribution in [3.63, 3.8) is 0 Å².